The molecule has 1 heterocycles. The third-order valence-electron chi connectivity index (χ3n) is 2.70. The van der Waals surface area contributed by atoms with E-state index in [4.69, 9.17) is 15.3 Å². The molecule has 1 aromatic heterocycles. The van der Waals surface area contributed by atoms with Gasteiger partial charge in [0.15, 0.2) is 0 Å². The van der Waals surface area contributed by atoms with Crippen LogP contribution in [0.1, 0.15) is 22.2 Å². The molecule has 5 N–H and O–H groups in total. The lowest BCUT2D eigenvalue weighted by Crippen LogP contribution is -2.27. The van der Waals surface area contributed by atoms with Gasteiger partial charge in [-0.25, -0.2) is 4.79 Å². The highest BCUT2D eigenvalue weighted by Gasteiger charge is 2.18. The van der Waals surface area contributed by atoms with E-state index in [-0.39, 0.29) is 12.3 Å². The fraction of sp³-hybridized carbons (Fsp3) is 0.250. The van der Waals surface area contributed by atoms with Crippen LogP contribution in [0.5, 0.6) is 0 Å². The van der Waals surface area contributed by atoms with Crippen LogP contribution in [0, 0.1) is 0 Å². The number of furan rings is 1. The van der Waals surface area contributed by atoms with E-state index in [2.05, 4.69) is 0 Å². The monoisotopic (exact) mass is 251 g/mol. The molecule has 0 aliphatic carbocycles. The van der Waals surface area contributed by atoms with Crippen molar-refractivity contribution in [3.8, 4) is 0 Å². The van der Waals surface area contributed by atoms with E-state index in [1.165, 1.54) is 6.07 Å². The third kappa shape index (κ3) is 2.21. The van der Waals surface area contributed by atoms with E-state index in [0.29, 0.717) is 16.5 Å². The second-order valence-corrected chi connectivity index (χ2v) is 3.96. The van der Waals surface area contributed by atoms with E-state index < -0.39 is 18.2 Å². The Morgan fingerprint density at radius 3 is 2.67 bits per heavy atom. The second kappa shape index (κ2) is 4.77. The summed E-state index contributed by atoms with van der Waals surface area (Å²) < 4.78 is 5.08. The number of nitrogens with two attached hydrogens (primary N) is 1. The lowest BCUT2D eigenvalue weighted by Gasteiger charge is -2.16. The number of aromatic carboxylic acids is 1. The molecule has 0 spiro atoms. The highest BCUT2D eigenvalue weighted by Crippen LogP contribution is 2.25. The molecule has 96 valence electrons. The first kappa shape index (κ1) is 12.6. The Kier molecular flexibility index (Phi) is 3.33. The average molecular weight is 251 g/mol. The zero-order valence-electron chi connectivity index (χ0n) is 9.41. The molecular weight excluding hydrogens is 238 g/mol. The normalized spacial score (nSPS) is 14.6. The Bertz CT molecular complexity index is 577. The number of carbonyl (C=O) groups is 1. The predicted molar refractivity (Wildman–Crippen MR) is 63.2 cm³/mol. The second-order valence-electron chi connectivity index (χ2n) is 3.96. The standard InChI is InChI=1S/C12H13NO5/c13-5-8(14)11(15)6-1-2-9-7(3-6)4-10(18-9)12(16)17/h1-4,8,11,14-15H,5,13H2,(H,16,17). The topological polar surface area (TPSA) is 117 Å². The first-order chi connectivity index (χ1) is 8.52. The van der Waals surface area contributed by atoms with Gasteiger partial charge >= 0.3 is 5.97 Å². The quantitative estimate of drug-likeness (QED) is 0.628. The summed E-state index contributed by atoms with van der Waals surface area (Å²) in [7, 11) is 0. The number of carboxylic acid groups (broad SMARTS) is 1. The first-order valence-corrected chi connectivity index (χ1v) is 5.36. The lowest BCUT2D eigenvalue weighted by atomic mass is 10.0. The van der Waals surface area contributed by atoms with Gasteiger partial charge in [-0.15, -0.1) is 0 Å². The van der Waals surface area contributed by atoms with Crippen LogP contribution in [0.15, 0.2) is 28.7 Å². The van der Waals surface area contributed by atoms with E-state index in [9.17, 15) is 15.0 Å². The van der Waals surface area contributed by atoms with Crippen molar-refractivity contribution in [2.24, 2.45) is 5.73 Å². The summed E-state index contributed by atoms with van der Waals surface area (Å²) >= 11 is 0. The summed E-state index contributed by atoms with van der Waals surface area (Å²) in [4.78, 5) is 10.7. The molecule has 0 radical (unpaired) electrons. The summed E-state index contributed by atoms with van der Waals surface area (Å²) in [5, 5.41) is 28.6. The van der Waals surface area contributed by atoms with Gasteiger partial charge in [0.05, 0.1) is 6.10 Å². The van der Waals surface area contributed by atoms with Gasteiger partial charge in [-0.05, 0) is 23.8 Å². The van der Waals surface area contributed by atoms with E-state index >= 15 is 0 Å². The molecule has 6 heteroatoms. The van der Waals surface area contributed by atoms with Crippen LogP contribution < -0.4 is 5.73 Å². The van der Waals surface area contributed by atoms with Crippen molar-refractivity contribution in [2.75, 3.05) is 6.54 Å². The number of aliphatic hydroxyl groups is 2. The van der Waals surface area contributed by atoms with Crippen LogP contribution in [0.3, 0.4) is 0 Å². The highest BCUT2D eigenvalue weighted by molar-refractivity contribution is 5.91. The molecule has 2 aromatic rings. The Morgan fingerprint density at radius 1 is 1.33 bits per heavy atom. The molecule has 0 aliphatic heterocycles. The SMILES string of the molecule is NCC(O)C(O)c1ccc2oc(C(=O)O)cc2c1. The molecule has 2 unspecified atom stereocenters. The van der Waals surface area contributed by atoms with Crippen molar-refractivity contribution < 1.29 is 24.5 Å². The van der Waals surface area contributed by atoms with Gasteiger partial charge in [-0.2, -0.15) is 0 Å². The number of aliphatic hydroxyl groups excluding tert-OH is 2. The summed E-state index contributed by atoms with van der Waals surface area (Å²) in [5.74, 6) is -1.33. The minimum Gasteiger partial charge on any atom is -0.475 e. The van der Waals surface area contributed by atoms with Crippen LogP contribution in [0.25, 0.3) is 11.0 Å². The largest absolute Gasteiger partial charge is 0.475 e. The number of benzene rings is 1. The van der Waals surface area contributed by atoms with Gasteiger partial charge in [0.25, 0.3) is 0 Å². The zero-order valence-corrected chi connectivity index (χ0v) is 9.41. The van der Waals surface area contributed by atoms with Crippen molar-refractivity contribution in [2.45, 2.75) is 12.2 Å². The molecule has 0 amide bonds. The van der Waals surface area contributed by atoms with Crippen molar-refractivity contribution in [3.63, 3.8) is 0 Å². The Labute approximate surface area is 102 Å². The molecule has 2 atom stereocenters. The van der Waals surface area contributed by atoms with E-state index in [1.807, 2.05) is 0 Å². The molecule has 0 saturated heterocycles. The van der Waals surface area contributed by atoms with E-state index in [1.54, 1.807) is 18.2 Å². The highest BCUT2D eigenvalue weighted by atomic mass is 16.4. The Balaban J connectivity index is 2.40. The molecule has 6 nitrogen and oxygen atoms in total. The number of hydrogen-bond acceptors (Lipinski definition) is 5. The lowest BCUT2D eigenvalue weighted by molar-refractivity contribution is 0.0244. The predicted octanol–water partition coefficient (Wildman–Crippen LogP) is 0.484. The zero-order chi connectivity index (χ0) is 13.3. The fourth-order valence-corrected chi connectivity index (χ4v) is 1.70. The number of carboxylic acids is 1. The Hall–Kier alpha value is -1.89. The summed E-state index contributed by atoms with van der Waals surface area (Å²) in [6.45, 7) is -0.0645. The minimum absolute atomic E-state index is 0.0645. The van der Waals surface area contributed by atoms with Gasteiger partial charge < -0.3 is 25.5 Å². The van der Waals surface area contributed by atoms with Crippen molar-refractivity contribution in [1.29, 1.82) is 0 Å². The summed E-state index contributed by atoms with van der Waals surface area (Å²) in [5.41, 5.74) is 6.13. The van der Waals surface area contributed by atoms with Gasteiger partial charge in [-0.1, -0.05) is 6.07 Å². The van der Waals surface area contributed by atoms with Crippen molar-refractivity contribution in [3.05, 3.63) is 35.6 Å². The number of rotatable bonds is 4. The first-order valence-electron chi connectivity index (χ1n) is 5.36. The Morgan fingerprint density at radius 2 is 2.06 bits per heavy atom. The smallest absolute Gasteiger partial charge is 0.371 e. The van der Waals surface area contributed by atoms with Crippen LogP contribution in [0.2, 0.25) is 0 Å². The molecule has 0 saturated carbocycles. The molecular formula is C12H13NO5. The van der Waals surface area contributed by atoms with Crippen LogP contribution in [0.4, 0.5) is 0 Å². The maximum atomic E-state index is 10.7. The fourth-order valence-electron chi connectivity index (χ4n) is 1.70. The minimum atomic E-state index is -1.16. The molecule has 18 heavy (non-hydrogen) atoms. The van der Waals surface area contributed by atoms with E-state index in [0.717, 1.165) is 0 Å². The summed E-state index contributed by atoms with van der Waals surface area (Å²) in [6.07, 6.45) is -2.17. The molecule has 0 bridgehead atoms. The van der Waals surface area contributed by atoms with Crippen molar-refractivity contribution in [1.82, 2.24) is 0 Å². The molecule has 1 aromatic carbocycles. The average Bonchev–Trinajstić information content (AvgIpc) is 2.79. The number of fused-ring (bicyclic) bond motifs is 1. The third-order valence-corrected chi connectivity index (χ3v) is 2.70. The molecule has 2 rings (SSSR count). The number of hydrogen-bond donors (Lipinski definition) is 4. The van der Waals surface area contributed by atoms with Gasteiger partial charge in [0.1, 0.15) is 11.7 Å². The van der Waals surface area contributed by atoms with Gasteiger partial charge in [0.2, 0.25) is 5.76 Å². The maximum Gasteiger partial charge on any atom is 0.371 e. The van der Waals surface area contributed by atoms with Gasteiger partial charge in [-0.3, -0.25) is 0 Å². The van der Waals surface area contributed by atoms with Crippen LogP contribution in [-0.4, -0.2) is 33.9 Å². The summed E-state index contributed by atoms with van der Waals surface area (Å²) in [6, 6.07) is 6.03. The maximum absolute atomic E-state index is 10.7. The molecule has 0 fully saturated rings. The van der Waals surface area contributed by atoms with Crippen molar-refractivity contribution >= 4 is 16.9 Å². The molecule has 0 aliphatic rings. The van der Waals surface area contributed by atoms with Gasteiger partial charge in [0, 0.05) is 11.9 Å². The van der Waals surface area contributed by atoms with Crippen LogP contribution >= 0.6 is 0 Å². The van der Waals surface area contributed by atoms with Crippen LogP contribution in [-0.2, 0) is 0 Å².